The highest BCUT2D eigenvalue weighted by Crippen LogP contribution is 2.17. The number of carbonyl (C=O) groups is 3. The lowest BCUT2D eigenvalue weighted by Gasteiger charge is -2.18. The molecule has 0 aliphatic carbocycles. The lowest BCUT2D eigenvalue weighted by Crippen LogP contribution is -2.30. The van der Waals surface area contributed by atoms with E-state index >= 15 is 0 Å². The molecule has 1 unspecified atom stereocenters. The second-order valence-corrected chi connectivity index (χ2v) is 19.2. The second-order valence-electron chi connectivity index (χ2n) is 19.2. The quantitative estimate of drug-likeness (QED) is 0.0344. The number of unbranched alkanes of at least 4 members (excludes halogenated alkanes) is 41. The molecule has 6 heteroatoms. The molecule has 0 saturated heterocycles. The van der Waals surface area contributed by atoms with E-state index in [2.05, 4.69) is 20.8 Å². The van der Waals surface area contributed by atoms with Gasteiger partial charge in [-0.05, 0) is 19.3 Å². The van der Waals surface area contributed by atoms with Crippen molar-refractivity contribution in [3.05, 3.63) is 0 Å². The Labute approximate surface area is 387 Å². The molecule has 0 saturated carbocycles. The monoisotopic (exact) mass is 877 g/mol. The van der Waals surface area contributed by atoms with Gasteiger partial charge in [0.15, 0.2) is 6.10 Å². The maximum Gasteiger partial charge on any atom is 0.306 e. The van der Waals surface area contributed by atoms with Crippen LogP contribution in [-0.2, 0) is 28.6 Å². The Morgan fingerprint density at radius 3 is 0.645 bits per heavy atom. The van der Waals surface area contributed by atoms with E-state index in [1.165, 1.54) is 225 Å². The highest BCUT2D eigenvalue weighted by Gasteiger charge is 2.19. The van der Waals surface area contributed by atoms with Crippen LogP contribution < -0.4 is 0 Å². The highest BCUT2D eigenvalue weighted by atomic mass is 16.6. The van der Waals surface area contributed by atoms with Gasteiger partial charge in [0.1, 0.15) is 13.2 Å². The summed E-state index contributed by atoms with van der Waals surface area (Å²) in [5.41, 5.74) is 0. The van der Waals surface area contributed by atoms with Crippen LogP contribution >= 0.6 is 0 Å². The molecule has 0 radical (unpaired) electrons. The van der Waals surface area contributed by atoms with Crippen LogP contribution in [0, 0.1) is 0 Å². The summed E-state index contributed by atoms with van der Waals surface area (Å²) in [5.74, 6) is -0.846. The van der Waals surface area contributed by atoms with Gasteiger partial charge >= 0.3 is 17.9 Å². The van der Waals surface area contributed by atoms with E-state index in [1.807, 2.05) is 0 Å². The fourth-order valence-electron chi connectivity index (χ4n) is 8.62. The van der Waals surface area contributed by atoms with Crippen LogP contribution in [0.15, 0.2) is 0 Å². The molecule has 0 rings (SSSR count). The Balaban J connectivity index is 4.03. The summed E-state index contributed by atoms with van der Waals surface area (Å²) in [4.78, 5) is 37.8. The molecule has 6 nitrogen and oxygen atoms in total. The molecule has 0 N–H and O–H groups in total. The van der Waals surface area contributed by atoms with Crippen molar-refractivity contribution in [1.82, 2.24) is 0 Å². The van der Waals surface area contributed by atoms with Crippen LogP contribution in [0.25, 0.3) is 0 Å². The number of carbonyl (C=O) groups excluding carboxylic acids is 3. The van der Waals surface area contributed by atoms with Crippen molar-refractivity contribution in [3.8, 4) is 0 Å². The molecule has 0 amide bonds. The molecule has 0 aromatic rings. The van der Waals surface area contributed by atoms with E-state index in [9.17, 15) is 14.4 Å². The number of hydrogen-bond acceptors (Lipinski definition) is 6. The molecule has 0 aromatic carbocycles. The van der Waals surface area contributed by atoms with E-state index in [0.717, 1.165) is 57.8 Å². The third-order valence-electron chi connectivity index (χ3n) is 12.9. The lowest BCUT2D eigenvalue weighted by atomic mass is 10.0. The molecular weight excluding hydrogens is 769 g/mol. The third kappa shape index (κ3) is 49.4. The van der Waals surface area contributed by atoms with Gasteiger partial charge in [-0.2, -0.15) is 0 Å². The number of esters is 3. The van der Waals surface area contributed by atoms with E-state index in [-0.39, 0.29) is 31.1 Å². The van der Waals surface area contributed by atoms with E-state index < -0.39 is 6.10 Å². The van der Waals surface area contributed by atoms with E-state index in [1.54, 1.807) is 0 Å². The van der Waals surface area contributed by atoms with Gasteiger partial charge < -0.3 is 14.2 Å². The molecule has 0 spiro atoms. The van der Waals surface area contributed by atoms with E-state index in [4.69, 9.17) is 14.2 Å². The smallest absolute Gasteiger partial charge is 0.306 e. The SMILES string of the molecule is CCCCCCCCCCCCCCCCCCCCCCCCCCCC(=O)OCC(COC(=O)CCCCCCCCCC)OC(=O)CCCCCCCCCCCCC. The summed E-state index contributed by atoms with van der Waals surface area (Å²) < 4.78 is 16.8. The van der Waals surface area contributed by atoms with Gasteiger partial charge in [-0.15, -0.1) is 0 Å². The first-order chi connectivity index (χ1) is 30.5. The zero-order valence-corrected chi connectivity index (χ0v) is 42.2. The molecular formula is C56H108O6. The average molecular weight is 877 g/mol. The molecule has 1 atom stereocenters. The van der Waals surface area contributed by atoms with Crippen molar-refractivity contribution in [2.75, 3.05) is 13.2 Å². The van der Waals surface area contributed by atoms with Crippen molar-refractivity contribution in [2.45, 2.75) is 329 Å². The Morgan fingerprint density at radius 2 is 0.435 bits per heavy atom. The van der Waals surface area contributed by atoms with E-state index in [0.29, 0.717) is 19.3 Å². The zero-order chi connectivity index (χ0) is 45.1. The maximum atomic E-state index is 12.7. The summed E-state index contributed by atoms with van der Waals surface area (Å²) in [7, 11) is 0. The first-order valence-corrected chi connectivity index (χ1v) is 28.0. The third-order valence-corrected chi connectivity index (χ3v) is 12.9. The zero-order valence-electron chi connectivity index (χ0n) is 42.2. The minimum atomic E-state index is -0.759. The number of rotatable bonds is 52. The highest BCUT2D eigenvalue weighted by molar-refractivity contribution is 5.71. The number of ether oxygens (including phenoxy) is 3. The topological polar surface area (TPSA) is 78.9 Å². The van der Waals surface area contributed by atoms with Gasteiger partial charge in [0, 0.05) is 19.3 Å². The molecule has 0 fully saturated rings. The molecule has 0 aromatic heterocycles. The fourth-order valence-corrected chi connectivity index (χ4v) is 8.62. The van der Waals surface area contributed by atoms with Gasteiger partial charge in [0.25, 0.3) is 0 Å². The molecule has 0 bridgehead atoms. The van der Waals surface area contributed by atoms with Crippen LogP contribution in [-0.4, -0.2) is 37.2 Å². The summed E-state index contributed by atoms with van der Waals surface area (Å²) in [6.07, 6.45) is 56.9. The average Bonchev–Trinajstić information content (AvgIpc) is 3.27. The Bertz CT molecular complexity index is 920. The molecule has 0 heterocycles. The minimum absolute atomic E-state index is 0.0622. The second kappa shape index (κ2) is 52.0. The first-order valence-electron chi connectivity index (χ1n) is 28.0. The van der Waals surface area contributed by atoms with Gasteiger partial charge in [-0.3, -0.25) is 14.4 Å². The predicted octanol–water partition coefficient (Wildman–Crippen LogP) is 18.4. The van der Waals surface area contributed by atoms with Crippen molar-refractivity contribution in [2.24, 2.45) is 0 Å². The predicted molar refractivity (Wildman–Crippen MR) is 266 cm³/mol. The Morgan fingerprint density at radius 1 is 0.258 bits per heavy atom. The summed E-state index contributed by atoms with van der Waals surface area (Å²) >= 11 is 0. The first kappa shape index (κ1) is 60.4. The van der Waals surface area contributed by atoms with Crippen LogP contribution in [0.1, 0.15) is 323 Å². The van der Waals surface area contributed by atoms with Crippen LogP contribution in [0.5, 0.6) is 0 Å². The van der Waals surface area contributed by atoms with Crippen molar-refractivity contribution in [1.29, 1.82) is 0 Å². The normalized spacial score (nSPS) is 11.9. The largest absolute Gasteiger partial charge is 0.462 e. The molecule has 368 valence electrons. The van der Waals surface area contributed by atoms with Gasteiger partial charge in [-0.25, -0.2) is 0 Å². The summed E-state index contributed by atoms with van der Waals surface area (Å²) in [6.45, 7) is 6.65. The Hall–Kier alpha value is -1.59. The standard InChI is InChI=1S/C56H108O6/c1-4-7-10-13-16-19-21-22-23-24-25-26-27-28-29-30-31-32-33-34-36-37-40-43-46-49-55(58)61-52-53(51-60-54(57)48-45-42-39-18-15-12-9-6-3)62-56(59)50-47-44-41-38-35-20-17-14-11-8-5-2/h53H,4-52H2,1-3H3. The lowest BCUT2D eigenvalue weighted by molar-refractivity contribution is -0.167. The van der Waals surface area contributed by atoms with Crippen LogP contribution in [0.4, 0.5) is 0 Å². The van der Waals surface area contributed by atoms with Crippen molar-refractivity contribution < 1.29 is 28.6 Å². The number of hydrogen-bond donors (Lipinski definition) is 0. The van der Waals surface area contributed by atoms with Crippen LogP contribution in [0.2, 0.25) is 0 Å². The van der Waals surface area contributed by atoms with Gasteiger partial charge in [0.05, 0.1) is 0 Å². The van der Waals surface area contributed by atoms with Crippen molar-refractivity contribution >= 4 is 17.9 Å². The Kier molecular flexibility index (Phi) is 50.7. The van der Waals surface area contributed by atoms with Gasteiger partial charge in [0.2, 0.25) is 0 Å². The summed E-state index contributed by atoms with van der Waals surface area (Å²) in [6, 6.07) is 0. The fraction of sp³-hybridized carbons (Fsp3) is 0.946. The minimum Gasteiger partial charge on any atom is -0.462 e. The van der Waals surface area contributed by atoms with Crippen LogP contribution in [0.3, 0.4) is 0 Å². The van der Waals surface area contributed by atoms with Crippen molar-refractivity contribution in [3.63, 3.8) is 0 Å². The van der Waals surface area contributed by atoms with Gasteiger partial charge in [-0.1, -0.05) is 284 Å². The maximum absolute atomic E-state index is 12.7. The molecule has 62 heavy (non-hydrogen) atoms. The summed E-state index contributed by atoms with van der Waals surface area (Å²) in [5, 5.41) is 0. The molecule has 0 aliphatic rings. The molecule has 0 aliphatic heterocycles.